The highest BCUT2D eigenvalue weighted by atomic mass is 35.5. The van der Waals surface area contributed by atoms with Crippen LogP contribution in [-0.2, 0) is 42.5 Å². The summed E-state index contributed by atoms with van der Waals surface area (Å²) in [6, 6.07) is 53.7. The van der Waals surface area contributed by atoms with Crippen molar-refractivity contribution in [2.24, 2.45) is 0 Å². The van der Waals surface area contributed by atoms with E-state index in [0.29, 0.717) is 94.3 Å². The Morgan fingerprint density at radius 1 is 0.683 bits per heavy atom. The van der Waals surface area contributed by atoms with Gasteiger partial charge in [0.15, 0.2) is 11.4 Å². The van der Waals surface area contributed by atoms with Crippen LogP contribution in [0.1, 0.15) is 73.7 Å². The number of nitrogens with zero attached hydrogens (tertiary/aromatic N) is 4. The van der Waals surface area contributed by atoms with Crippen molar-refractivity contribution < 1.29 is 64.1 Å². The zero-order valence-electron chi connectivity index (χ0n) is 58.1. The molecular weight excluding hydrogens is 1360 g/mol. The van der Waals surface area contributed by atoms with Gasteiger partial charge in [-0.3, -0.25) is 4.18 Å². The van der Waals surface area contributed by atoms with Crippen LogP contribution in [0.3, 0.4) is 0 Å². The van der Waals surface area contributed by atoms with Crippen LogP contribution in [0.2, 0.25) is 23.2 Å². The average molecular weight is 1440 g/mol. The van der Waals surface area contributed by atoms with Gasteiger partial charge in [0.05, 0.1) is 54.5 Å². The Balaban J connectivity index is 0.891. The molecule has 2 atom stereocenters. The number of benzene rings is 8. The summed E-state index contributed by atoms with van der Waals surface area (Å²) < 4.78 is 106. The molecule has 522 valence electrons. The second kappa shape index (κ2) is 30.9. The smallest absolute Gasteiger partial charge is 0.347 e. The largest absolute Gasteiger partial charge is 0.543 e. The van der Waals surface area contributed by atoms with Crippen LogP contribution in [0, 0.1) is 19.7 Å². The number of carbonyl (C=O) groups excluding carboxylic acids is 1. The molecule has 22 heteroatoms. The van der Waals surface area contributed by atoms with E-state index in [1.54, 1.807) is 71.7 Å². The third kappa shape index (κ3) is 16.0. The molecule has 0 saturated carbocycles. The minimum Gasteiger partial charge on any atom is -0.543 e. The van der Waals surface area contributed by atoms with E-state index in [0.717, 1.165) is 16.7 Å². The number of para-hydroxylation sites is 1. The van der Waals surface area contributed by atoms with Crippen molar-refractivity contribution in [3.8, 4) is 79.1 Å². The van der Waals surface area contributed by atoms with Crippen LogP contribution in [-0.4, -0.2) is 89.4 Å². The number of hydrogen-bond donors (Lipinski definition) is 0. The number of rotatable bonds is 28. The first-order chi connectivity index (χ1) is 48.4. The average Bonchev–Trinajstić information content (AvgIpc) is 0.877. The number of thiophene rings is 1. The van der Waals surface area contributed by atoms with Crippen LogP contribution in [0.5, 0.6) is 46.1 Å². The van der Waals surface area contributed by atoms with E-state index in [-0.39, 0.29) is 52.0 Å². The summed E-state index contributed by atoms with van der Waals surface area (Å²) in [6.07, 6.45) is 0.760. The molecule has 0 spiro atoms. The maximum Gasteiger partial charge on any atom is 0.347 e. The Hall–Kier alpha value is -9.90. The Kier molecular flexibility index (Phi) is 22.1. The molecule has 11 aromatic rings. The Labute approximate surface area is 598 Å². The predicted octanol–water partition coefficient (Wildman–Crippen LogP) is 18.0. The van der Waals surface area contributed by atoms with Gasteiger partial charge in [0.1, 0.15) is 76.5 Å². The number of carbonyl (C=O) groups is 1. The molecule has 101 heavy (non-hydrogen) atoms. The van der Waals surface area contributed by atoms with Crippen LogP contribution in [0.25, 0.3) is 43.2 Å². The normalized spacial score (nSPS) is 12.5. The lowest BCUT2D eigenvalue weighted by atomic mass is 9.80. The number of methoxy groups -OCH3 is 3. The Morgan fingerprint density at radius 3 is 2.00 bits per heavy atom. The van der Waals surface area contributed by atoms with Gasteiger partial charge in [-0.05, 0) is 153 Å². The maximum atomic E-state index is 14.7. The summed E-state index contributed by atoms with van der Waals surface area (Å²) >= 11 is 8.66. The predicted molar refractivity (Wildman–Crippen MR) is 393 cm³/mol. The molecule has 8 aromatic carbocycles. The number of aryl methyl sites for hydroxylation is 1. The molecule has 1 unspecified atom stereocenters. The van der Waals surface area contributed by atoms with Crippen LogP contribution >= 0.6 is 22.9 Å². The molecule has 0 N–H and O–H groups in total. The van der Waals surface area contributed by atoms with Gasteiger partial charge in [0.2, 0.25) is 20.3 Å². The van der Waals surface area contributed by atoms with E-state index in [1.165, 1.54) is 41.9 Å². The van der Waals surface area contributed by atoms with Crippen LogP contribution < -0.4 is 37.6 Å². The maximum absolute atomic E-state index is 14.7. The lowest BCUT2D eigenvalue weighted by Gasteiger charge is -2.37. The third-order valence-electron chi connectivity index (χ3n) is 17.7. The first kappa shape index (κ1) is 72.4. The number of halogens is 2. The zero-order chi connectivity index (χ0) is 71.8. The topological polar surface area (TPSA) is 195 Å². The summed E-state index contributed by atoms with van der Waals surface area (Å²) in [6.45, 7) is 17.5. The highest BCUT2D eigenvalue weighted by molar-refractivity contribution is 7.86. The van der Waals surface area contributed by atoms with E-state index in [4.69, 9.17) is 73.1 Å². The number of esters is 1. The van der Waals surface area contributed by atoms with Gasteiger partial charge in [-0.1, -0.05) is 123 Å². The number of ether oxygens (including phenoxy) is 8. The fraction of sp³-hybridized carbons (Fsp3) is 0.253. The number of fused-ring (bicyclic) bond motifs is 1. The highest BCUT2D eigenvalue weighted by Crippen LogP contribution is 2.51. The molecule has 0 aliphatic carbocycles. The Bertz CT molecular complexity index is 4820. The second-order valence-electron chi connectivity index (χ2n) is 25.5. The molecule has 11 rings (SSSR count). The van der Waals surface area contributed by atoms with Crippen LogP contribution in [0.15, 0.2) is 199 Å². The molecule has 3 aromatic heterocycles. The van der Waals surface area contributed by atoms with Gasteiger partial charge in [-0.2, -0.15) is 8.42 Å². The van der Waals surface area contributed by atoms with Crippen molar-refractivity contribution in [2.75, 3.05) is 34.5 Å². The molecule has 0 aliphatic rings. The van der Waals surface area contributed by atoms with E-state index < -0.39 is 54.6 Å². The van der Waals surface area contributed by atoms with E-state index >= 15 is 0 Å². The van der Waals surface area contributed by atoms with Gasteiger partial charge in [-0.15, -0.1) is 11.3 Å². The quantitative estimate of drug-likeness (QED) is 0.0194. The third-order valence-corrected chi connectivity index (χ3v) is 25.0. The number of hydrogen-bond acceptors (Lipinski definition) is 18. The Morgan fingerprint density at radius 2 is 1.34 bits per heavy atom. The molecule has 0 amide bonds. The van der Waals surface area contributed by atoms with E-state index in [9.17, 15) is 17.6 Å². The van der Waals surface area contributed by atoms with Gasteiger partial charge in [0.25, 0.3) is 10.1 Å². The van der Waals surface area contributed by atoms with Gasteiger partial charge in [0, 0.05) is 51.4 Å². The zero-order valence-corrected chi connectivity index (χ0v) is 61.5. The van der Waals surface area contributed by atoms with Crippen molar-refractivity contribution in [2.45, 2.75) is 102 Å². The van der Waals surface area contributed by atoms with E-state index in [2.05, 4.69) is 38.8 Å². The minimum absolute atomic E-state index is 0.0330. The van der Waals surface area contributed by atoms with Crippen LogP contribution in [0.4, 0.5) is 4.39 Å². The molecule has 0 bridgehead atoms. The van der Waals surface area contributed by atoms with E-state index in [1.807, 2.05) is 141 Å². The van der Waals surface area contributed by atoms with Gasteiger partial charge in [-0.25, -0.2) is 29.1 Å². The fourth-order valence-corrected chi connectivity index (χ4v) is 14.7. The molecular formula is C79H78ClFN4O13S2Si. The van der Waals surface area contributed by atoms with Crippen molar-refractivity contribution in [3.05, 3.63) is 244 Å². The highest BCUT2D eigenvalue weighted by Gasteiger charge is 2.42. The first-order valence-corrected chi connectivity index (χ1v) is 38.2. The molecule has 0 saturated heterocycles. The SMILES string of the molecule is CCOC(=O)C(Cc1cc(O[Si](C)(C)C(C)(C)C)ccc1OCc1ccnc(-c2ccccc2OC)n1)Oc1ncnc2sc(-c3ccc(F)cc3)c(-c3ccc(O[C@H](C)COS(=O)(=O)c4ccc(C)c(OC(c5ccccc5)(c5ccc(OC)cc5)c5ccc(OC)cc5)c4)c(Cl)c3C)c12. The molecule has 0 radical (unpaired) electrons. The summed E-state index contributed by atoms with van der Waals surface area (Å²) in [7, 11) is -2.07. The molecule has 3 heterocycles. The second-order valence-corrected chi connectivity index (χ2v) is 33.2. The van der Waals surface area contributed by atoms with Gasteiger partial charge >= 0.3 is 5.97 Å². The monoisotopic (exact) mass is 1440 g/mol. The summed E-state index contributed by atoms with van der Waals surface area (Å²) in [5, 5.41) is 0.491. The number of aromatic nitrogens is 4. The first-order valence-electron chi connectivity index (χ1n) is 32.7. The molecule has 0 aliphatic heterocycles. The minimum atomic E-state index is -4.46. The fourth-order valence-electron chi connectivity index (χ4n) is 11.3. The molecule has 17 nitrogen and oxygen atoms in total. The standard InChI is InChI=1S/C79H78ClFN4O13S2Si/c1-13-92-77(86)69(44-53-43-61(98-101(11,12)78(5,6)7)36-39-65(53)93-47-58-41-42-82-74(85-58)64-21-17-18-22-66(64)91-10)96-75-71-70(73(99-76(71)84-48-83-75)52-24-30-57(81)31-25-52)63-38-40-67(72(80)51(63)4)95-50(3)46-94-100(87,88)62-37-23-49(2)68(45-62)97-79(54-19-15-14-16-20-54,55-26-32-59(89-8)33-27-55)56-28-34-60(90-9)35-29-56/h14-43,45,48,50,69H,13,44,46-47H2,1-12H3/t50-,69?/m1/s1. The summed E-state index contributed by atoms with van der Waals surface area (Å²) in [4.78, 5) is 34.3. The summed E-state index contributed by atoms with van der Waals surface area (Å²) in [5.74, 6) is 2.84. The van der Waals surface area contributed by atoms with Crippen molar-refractivity contribution >= 4 is 57.6 Å². The lowest BCUT2D eigenvalue weighted by molar-refractivity contribution is -0.151. The van der Waals surface area contributed by atoms with Crippen molar-refractivity contribution in [3.63, 3.8) is 0 Å². The van der Waals surface area contributed by atoms with Gasteiger partial charge < -0.3 is 42.3 Å². The molecule has 0 fully saturated rings. The summed E-state index contributed by atoms with van der Waals surface area (Å²) in [5.41, 5.74) is 5.87. The van der Waals surface area contributed by atoms with Crippen molar-refractivity contribution in [1.29, 1.82) is 0 Å². The lowest BCUT2D eigenvalue weighted by Crippen LogP contribution is -2.43. The van der Waals surface area contributed by atoms with Crippen molar-refractivity contribution in [1.82, 2.24) is 19.9 Å².